The molecule has 19 heavy (non-hydrogen) atoms. The molecular weight excluding hydrogens is 238 g/mol. The van der Waals surface area contributed by atoms with Gasteiger partial charge in [-0.3, -0.25) is 0 Å². The number of rotatable bonds is 6. The highest BCUT2D eigenvalue weighted by molar-refractivity contribution is 5.23. The maximum absolute atomic E-state index is 5.83. The van der Waals surface area contributed by atoms with E-state index < -0.39 is 0 Å². The molecule has 0 aliphatic carbocycles. The fourth-order valence-electron chi connectivity index (χ4n) is 2.04. The highest BCUT2D eigenvalue weighted by Crippen LogP contribution is 2.19. The fourth-order valence-corrected chi connectivity index (χ4v) is 2.04. The van der Waals surface area contributed by atoms with Gasteiger partial charge in [0.15, 0.2) is 0 Å². The summed E-state index contributed by atoms with van der Waals surface area (Å²) in [5.41, 5.74) is 8.43. The Morgan fingerprint density at radius 3 is 2.26 bits per heavy atom. The Bertz CT molecular complexity index is 504. The number of hydrogen-bond donors (Lipinski definition) is 1. The van der Waals surface area contributed by atoms with E-state index in [4.69, 9.17) is 10.2 Å². The first-order chi connectivity index (χ1) is 9.26. The van der Waals surface area contributed by atoms with Crippen LogP contribution in [0.5, 0.6) is 0 Å². The average Bonchev–Trinajstić information content (AvgIpc) is 2.94. The highest BCUT2D eigenvalue weighted by atomic mass is 16.4. The normalized spacial score (nSPS) is 12.6. The fraction of sp³-hybridized carbons (Fsp3) is 0.467. The van der Waals surface area contributed by atoms with Gasteiger partial charge in [-0.15, -0.1) is 10.2 Å². The zero-order valence-electron chi connectivity index (χ0n) is 11.6. The largest absolute Gasteiger partial charge is 0.425 e. The minimum Gasteiger partial charge on any atom is -0.425 e. The van der Waals surface area contributed by atoms with Gasteiger partial charge < -0.3 is 10.2 Å². The first-order valence-corrected chi connectivity index (χ1v) is 6.87. The van der Waals surface area contributed by atoms with Crippen LogP contribution in [0.4, 0.5) is 0 Å². The van der Waals surface area contributed by atoms with Gasteiger partial charge >= 0.3 is 0 Å². The molecule has 102 valence electrons. The predicted molar refractivity (Wildman–Crippen MR) is 75.0 cm³/mol. The molecule has 4 nitrogen and oxygen atoms in total. The molecule has 0 saturated heterocycles. The minimum absolute atomic E-state index is 0.0975. The summed E-state index contributed by atoms with van der Waals surface area (Å²) in [7, 11) is 0. The number of nitrogens with two attached hydrogens (primary N) is 1. The number of aryl methyl sites for hydroxylation is 2. The lowest BCUT2D eigenvalue weighted by molar-refractivity contribution is 0.417. The zero-order chi connectivity index (χ0) is 13.7. The quantitative estimate of drug-likeness (QED) is 0.865. The van der Waals surface area contributed by atoms with Gasteiger partial charge in [-0.2, -0.15) is 0 Å². The van der Waals surface area contributed by atoms with E-state index in [-0.39, 0.29) is 5.92 Å². The van der Waals surface area contributed by atoms with Crippen LogP contribution in [0, 0.1) is 0 Å². The van der Waals surface area contributed by atoms with Crippen molar-refractivity contribution in [3.63, 3.8) is 0 Å². The van der Waals surface area contributed by atoms with E-state index in [0.29, 0.717) is 18.3 Å². The van der Waals surface area contributed by atoms with Crippen molar-refractivity contribution in [1.82, 2.24) is 10.2 Å². The summed E-state index contributed by atoms with van der Waals surface area (Å²) in [5.74, 6) is 1.42. The zero-order valence-corrected chi connectivity index (χ0v) is 11.6. The number of benzene rings is 1. The third-order valence-electron chi connectivity index (χ3n) is 3.33. The van der Waals surface area contributed by atoms with Crippen molar-refractivity contribution in [2.24, 2.45) is 5.73 Å². The second-order valence-electron chi connectivity index (χ2n) is 4.69. The number of nitrogens with zero attached hydrogens (tertiary/aromatic N) is 2. The van der Waals surface area contributed by atoms with Gasteiger partial charge in [-0.1, -0.05) is 38.1 Å². The van der Waals surface area contributed by atoms with Gasteiger partial charge in [0.25, 0.3) is 0 Å². The molecule has 4 heteroatoms. The Labute approximate surface area is 114 Å². The molecule has 2 aromatic rings. The maximum atomic E-state index is 5.83. The molecule has 0 bridgehead atoms. The molecule has 2 rings (SSSR count). The number of aromatic nitrogens is 2. The van der Waals surface area contributed by atoms with Crippen LogP contribution in [-0.2, 0) is 19.3 Å². The summed E-state index contributed by atoms with van der Waals surface area (Å²) in [5, 5.41) is 8.09. The van der Waals surface area contributed by atoms with Crippen LogP contribution in [0.15, 0.2) is 28.7 Å². The monoisotopic (exact) mass is 259 g/mol. The minimum atomic E-state index is 0.0975. The smallest absolute Gasteiger partial charge is 0.221 e. The second-order valence-corrected chi connectivity index (χ2v) is 4.69. The molecule has 1 aromatic carbocycles. The Hall–Kier alpha value is -1.68. The van der Waals surface area contributed by atoms with Gasteiger partial charge in [0.2, 0.25) is 11.8 Å². The van der Waals surface area contributed by atoms with Crippen molar-refractivity contribution in [3.05, 3.63) is 47.2 Å². The van der Waals surface area contributed by atoms with Crippen molar-refractivity contribution in [2.45, 2.75) is 39.0 Å². The van der Waals surface area contributed by atoms with E-state index in [1.165, 1.54) is 11.1 Å². The van der Waals surface area contributed by atoms with Gasteiger partial charge in [0.1, 0.15) is 0 Å². The van der Waals surface area contributed by atoms with E-state index in [0.717, 1.165) is 19.3 Å². The van der Waals surface area contributed by atoms with Crippen LogP contribution in [-0.4, -0.2) is 16.7 Å². The maximum Gasteiger partial charge on any atom is 0.221 e. The lowest BCUT2D eigenvalue weighted by Gasteiger charge is -2.10. The molecule has 1 aromatic heterocycles. The van der Waals surface area contributed by atoms with E-state index in [1.54, 1.807) is 0 Å². The summed E-state index contributed by atoms with van der Waals surface area (Å²) in [4.78, 5) is 0. The Balaban J connectivity index is 2.09. The first kappa shape index (κ1) is 13.7. The van der Waals surface area contributed by atoms with Gasteiger partial charge in [-0.25, -0.2) is 0 Å². The predicted octanol–water partition coefficient (Wildman–Crippen LogP) is 2.48. The van der Waals surface area contributed by atoms with Gasteiger partial charge in [-0.05, 0) is 24.0 Å². The summed E-state index contributed by atoms with van der Waals surface area (Å²) in [6.45, 7) is 4.67. The van der Waals surface area contributed by atoms with Gasteiger partial charge in [0.05, 0.1) is 5.92 Å². The van der Waals surface area contributed by atoms with E-state index in [9.17, 15) is 0 Å². The summed E-state index contributed by atoms with van der Waals surface area (Å²) < 4.78 is 5.60. The van der Waals surface area contributed by atoms with E-state index in [1.807, 2.05) is 6.92 Å². The molecule has 1 atom stereocenters. The van der Waals surface area contributed by atoms with Crippen LogP contribution >= 0.6 is 0 Å². The second kappa shape index (κ2) is 6.48. The molecule has 0 amide bonds. The number of hydrogen-bond acceptors (Lipinski definition) is 4. The van der Waals surface area contributed by atoms with Crippen molar-refractivity contribution in [2.75, 3.05) is 6.54 Å². The van der Waals surface area contributed by atoms with Crippen LogP contribution in [0.2, 0.25) is 0 Å². The van der Waals surface area contributed by atoms with Crippen LogP contribution in [0.1, 0.15) is 42.7 Å². The van der Waals surface area contributed by atoms with Crippen molar-refractivity contribution in [1.29, 1.82) is 0 Å². The summed E-state index contributed by atoms with van der Waals surface area (Å²) >= 11 is 0. The van der Waals surface area contributed by atoms with Crippen molar-refractivity contribution in [3.8, 4) is 0 Å². The molecule has 0 spiro atoms. The highest BCUT2D eigenvalue weighted by Gasteiger charge is 2.17. The molecule has 0 fully saturated rings. The third-order valence-corrected chi connectivity index (χ3v) is 3.33. The van der Waals surface area contributed by atoms with Crippen molar-refractivity contribution < 1.29 is 4.42 Å². The topological polar surface area (TPSA) is 64.9 Å². The van der Waals surface area contributed by atoms with Crippen LogP contribution in [0.25, 0.3) is 0 Å². The Morgan fingerprint density at radius 2 is 1.74 bits per heavy atom. The standard InChI is InChI=1S/C15H21N3O/c1-3-11-5-7-12(8-6-11)9-13(10-16)15-18-17-14(4-2)19-15/h5-8,13H,3-4,9-10,16H2,1-2H3. The van der Waals surface area contributed by atoms with E-state index >= 15 is 0 Å². The van der Waals surface area contributed by atoms with E-state index in [2.05, 4.69) is 41.4 Å². The molecule has 1 unspecified atom stereocenters. The van der Waals surface area contributed by atoms with Crippen LogP contribution < -0.4 is 5.73 Å². The SMILES string of the molecule is CCc1ccc(CC(CN)c2nnc(CC)o2)cc1. The lowest BCUT2D eigenvalue weighted by Crippen LogP contribution is -2.15. The summed E-state index contributed by atoms with van der Waals surface area (Å²) in [6, 6.07) is 8.62. The molecule has 0 aliphatic heterocycles. The van der Waals surface area contributed by atoms with Crippen LogP contribution in [0.3, 0.4) is 0 Å². The molecule has 0 saturated carbocycles. The molecule has 2 N–H and O–H groups in total. The Morgan fingerprint density at radius 1 is 1.05 bits per heavy atom. The average molecular weight is 259 g/mol. The van der Waals surface area contributed by atoms with Gasteiger partial charge in [0, 0.05) is 13.0 Å². The lowest BCUT2D eigenvalue weighted by atomic mass is 9.98. The summed E-state index contributed by atoms with van der Waals surface area (Å²) in [6.07, 6.45) is 2.66. The molecule has 0 radical (unpaired) electrons. The first-order valence-electron chi connectivity index (χ1n) is 6.87. The third kappa shape index (κ3) is 3.41. The molecule has 0 aliphatic rings. The molecule has 1 heterocycles. The molecular formula is C15H21N3O. The van der Waals surface area contributed by atoms with Crippen molar-refractivity contribution >= 4 is 0 Å². The Kier molecular flexibility index (Phi) is 4.68.